The lowest BCUT2D eigenvalue weighted by Gasteiger charge is -2.09. The van der Waals surface area contributed by atoms with Crippen molar-refractivity contribution in [3.05, 3.63) is 72.0 Å². The van der Waals surface area contributed by atoms with Crippen LogP contribution >= 0.6 is 0 Å². The van der Waals surface area contributed by atoms with Crippen LogP contribution in [0.15, 0.2) is 70.2 Å². The number of rotatable bonds is 7. The molecule has 9 heteroatoms. The number of halogens is 3. The zero-order valence-corrected chi connectivity index (χ0v) is 15.9. The van der Waals surface area contributed by atoms with E-state index in [1.807, 2.05) is 6.07 Å². The molecule has 2 aromatic carbocycles. The van der Waals surface area contributed by atoms with Crippen molar-refractivity contribution < 1.29 is 27.1 Å². The molecule has 1 heterocycles. The predicted molar refractivity (Wildman–Crippen MR) is 106 cm³/mol. The number of ether oxygens (including phenoxy) is 1. The third-order valence-corrected chi connectivity index (χ3v) is 4.03. The molecule has 0 aliphatic rings. The number of benzene rings is 2. The number of carbonyl (C=O) groups is 1. The monoisotopic (exact) mass is 417 g/mol. The molecule has 156 valence electrons. The van der Waals surface area contributed by atoms with E-state index in [0.29, 0.717) is 11.4 Å². The average molecular weight is 417 g/mol. The van der Waals surface area contributed by atoms with Gasteiger partial charge in [0, 0.05) is 5.56 Å². The zero-order chi connectivity index (χ0) is 21.6. The van der Waals surface area contributed by atoms with Crippen LogP contribution in [0.2, 0.25) is 0 Å². The van der Waals surface area contributed by atoms with Crippen LogP contribution in [0.3, 0.4) is 0 Å². The summed E-state index contributed by atoms with van der Waals surface area (Å²) in [5.74, 6) is 0.737. The second-order valence-corrected chi connectivity index (χ2v) is 6.13. The zero-order valence-electron chi connectivity index (χ0n) is 15.9. The first kappa shape index (κ1) is 21.0. The minimum absolute atomic E-state index is 0.0364. The van der Waals surface area contributed by atoms with Crippen molar-refractivity contribution in [1.82, 2.24) is 5.43 Å². The van der Waals surface area contributed by atoms with Crippen LogP contribution in [-0.4, -0.2) is 25.8 Å². The van der Waals surface area contributed by atoms with Gasteiger partial charge in [-0.15, -0.1) is 0 Å². The Morgan fingerprint density at radius 3 is 2.70 bits per heavy atom. The fraction of sp³-hybridized carbons (Fsp3) is 0.143. The van der Waals surface area contributed by atoms with E-state index in [4.69, 9.17) is 9.15 Å². The Labute approximate surface area is 170 Å². The number of nitrogens with zero attached hydrogens (tertiary/aromatic N) is 1. The molecule has 0 radical (unpaired) electrons. The molecule has 0 saturated heterocycles. The highest BCUT2D eigenvalue weighted by Crippen LogP contribution is 2.32. The summed E-state index contributed by atoms with van der Waals surface area (Å²) in [5.41, 5.74) is 2.52. The van der Waals surface area contributed by atoms with Crippen LogP contribution in [0, 0.1) is 0 Å². The van der Waals surface area contributed by atoms with Gasteiger partial charge in [0.1, 0.15) is 17.3 Å². The number of furan rings is 1. The van der Waals surface area contributed by atoms with Crippen LogP contribution < -0.4 is 15.5 Å². The molecule has 1 aromatic heterocycles. The maximum Gasteiger partial charge on any atom is 0.416 e. The summed E-state index contributed by atoms with van der Waals surface area (Å²) in [6, 6.07) is 15.0. The van der Waals surface area contributed by atoms with E-state index in [0.717, 1.165) is 12.1 Å². The highest BCUT2D eigenvalue weighted by Gasteiger charge is 2.30. The second kappa shape index (κ2) is 9.17. The molecule has 0 aliphatic carbocycles. The highest BCUT2D eigenvalue weighted by molar-refractivity contribution is 5.83. The average Bonchev–Trinajstić information content (AvgIpc) is 3.21. The molecule has 0 saturated carbocycles. The number of hydrazone groups is 1. The number of hydrogen-bond acceptors (Lipinski definition) is 5. The van der Waals surface area contributed by atoms with Gasteiger partial charge in [-0.3, -0.25) is 4.79 Å². The molecule has 0 unspecified atom stereocenters. The number of carbonyl (C=O) groups excluding carboxylic acids is 1. The molecule has 0 fully saturated rings. The Bertz CT molecular complexity index is 1040. The lowest BCUT2D eigenvalue weighted by molar-refractivity contribution is -0.137. The van der Waals surface area contributed by atoms with E-state index < -0.39 is 17.6 Å². The number of methoxy groups -OCH3 is 1. The van der Waals surface area contributed by atoms with Gasteiger partial charge in [0.15, 0.2) is 0 Å². The van der Waals surface area contributed by atoms with Crippen molar-refractivity contribution in [2.24, 2.45) is 5.10 Å². The largest absolute Gasteiger partial charge is 0.495 e. The van der Waals surface area contributed by atoms with Crippen LogP contribution in [0.1, 0.15) is 11.3 Å². The summed E-state index contributed by atoms with van der Waals surface area (Å²) < 4.78 is 49.2. The molecule has 30 heavy (non-hydrogen) atoms. The molecule has 0 atom stereocenters. The Balaban J connectivity index is 1.56. The molecule has 3 rings (SSSR count). The van der Waals surface area contributed by atoms with Crippen molar-refractivity contribution >= 4 is 17.8 Å². The van der Waals surface area contributed by atoms with Crippen molar-refractivity contribution in [3.8, 4) is 17.1 Å². The Morgan fingerprint density at radius 1 is 1.13 bits per heavy atom. The standard InChI is InChI=1S/C21H18F3N3O3/c1-29-19-8-3-2-7-17(19)25-13-20(28)27-26-12-16-9-10-18(30-16)14-5-4-6-15(11-14)21(22,23)24/h2-12,25H,13H2,1H3,(H,27,28)/b26-12-. The minimum Gasteiger partial charge on any atom is -0.495 e. The summed E-state index contributed by atoms with van der Waals surface area (Å²) >= 11 is 0. The normalized spacial score (nSPS) is 11.5. The first-order valence-corrected chi connectivity index (χ1v) is 8.83. The highest BCUT2D eigenvalue weighted by atomic mass is 19.4. The van der Waals surface area contributed by atoms with Gasteiger partial charge in [0.2, 0.25) is 0 Å². The molecule has 2 N–H and O–H groups in total. The van der Waals surface area contributed by atoms with Crippen LogP contribution in [0.4, 0.5) is 18.9 Å². The lowest BCUT2D eigenvalue weighted by Crippen LogP contribution is -2.26. The van der Waals surface area contributed by atoms with Crippen LogP contribution in [0.5, 0.6) is 5.75 Å². The molecule has 6 nitrogen and oxygen atoms in total. The quantitative estimate of drug-likeness (QED) is 0.437. The number of hydrogen-bond donors (Lipinski definition) is 2. The molecular weight excluding hydrogens is 399 g/mol. The van der Waals surface area contributed by atoms with E-state index in [1.54, 1.807) is 24.3 Å². The van der Waals surface area contributed by atoms with Gasteiger partial charge >= 0.3 is 6.18 Å². The van der Waals surface area contributed by atoms with Crippen LogP contribution in [-0.2, 0) is 11.0 Å². The fourth-order valence-corrected chi connectivity index (χ4v) is 2.60. The van der Waals surface area contributed by atoms with E-state index in [-0.39, 0.29) is 23.6 Å². The van der Waals surface area contributed by atoms with Crippen molar-refractivity contribution in [1.29, 1.82) is 0 Å². The molecule has 1 amide bonds. The summed E-state index contributed by atoms with van der Waals surface area (Å²) in [7, 11) is 1.53. The second-order valence-electron chi connectivity index (χ2n) is 6.13. The maximum atomic E-state index is 12.8. The molecule has 0 bridgehead atoms. The Morgan fingerprint density at radius 2 is 1.93 bits per heavy atom. The van der Waals surface area contributed by atoms with Gasteiger partial charge in [-0.25, -0.2) is 5.43 Å². The van der Waals surface area contributed by atoms with Crippen molar-refractivity contribution in [2.75, 3.05) is 19.0 Å². The smallest absolute Gasteiger partial charge is 0.416 e. The molecule has 0 spiro atoms. The topological polar surface area (TPSA) is 75.9 Å². The van der Waals surface area contributed by atoms with E-state index in [2.05, 4.69) is 15.8 Å². The van der Waals surface area contributed by atoms with Crippen molar-refractivity contribution in [3.63, 3.8) is 0 Å². The molecule has 3 aromatic rings. The first-order chi connectivity index (χ1) is 14.4. The number of para-hydroxylation sites is 2. The van der Waals surface area contributed by atoms with Crippen molar-refractivity contribution in [2.45, 2.75) is 6.18 Å². The van der Waals surface area contributed by atoms with E-state index in [9.17, 15) is 18.0 Å². The number of anilines is 1. The first-order valence-electron chi connectivity index (χ1n) is 8.83. The van der Waals surface area contributed by atoms with Gasteiger partial charge in [-0.1, -0.05) is 24.3 Å². The molecule has 0 aliphatic heterocycles. The summed E-state index contributed by atoms with van der Waals surface area (Å²) in [6.45, 7) is -0.0364. The lowest BCUT2D eigenvalue weighted by atomic mass is 10.1. The van der Waals surface area contributed by atoms with Gasteiger partial charge in [0.05, 0.1) is 31.1 Å². The Kier molecular flexibility index (Phi) is 6.41. The fourth-order valence-electron chi connectivity index (χ4n) is 2.60. The number of nitrogens with one attached hydrogen (secondary N) is 2. The van der Waals surface area contributed by atoms with E-state index in [1.165, 1.54) is 31.5 Å². The van der Waals surface area contributed by atoms with Gasteiger partial charge in [-0.2, -0.15) is 18.3 Å². The van der Waals surface area contributed by atoms with E-state index >= 15 is 0 Å². The van der Waals surface area contributed by atoms with Gasteiger partial charge in [0.25, 0.3) is 5.91 Å². The third kappa shape index (κ3) is 5.40. The molecular formula is C21H18F3N3O3. The van der Waals surface area contributed by atoms with Gasteiger partial charge in [-0.05, 0) is 36.4 Å². The Hall–Kier alpha value is -3.75. The minimum atomic E-state index is -4.44. The maximum absolute atomic E-state index is 12.8. The van der Waals surface area contributed by atoms with Gasteiger partial charge < -0.3 is 14.5 Å². The predicted octanol–water partition coefficient (Wildman–Crippen LogP) is 4.54. The third-order valence-electron chi connectivity index (χ3n) is 4.03. The summed E-state index contributed by atoms with van der Waals surface area (Å²) in [5, 5.41) is 6.72. The van der Waals surface area contributed by atoms with Crippen LogP contribution in [0.25, 0.3) is 11.3 Å². The summed E-state index contributed by atoms with van der Waals surface area (Å²) in [6.07, 6.45) is -3.17. The SMILES string of the molecule is COc1ccccc1NCC(=O)N/N=C\c1ccc(-c2cccc(C(F)(F)F)c2)o1. The number of alkyl halides is 3. The summed E-state index contributed by atoms with van der Waals surface area (Å²) in [4.78, 5) is 11.9. The number of amides is 1.